The number of hydrogen-bond acceptors (Lipinski definition) is 3. The summed E-state index contributed by atoms with van der Waals surface area (Å²) in [6, 6.07) is 7.60. The lowest BCUT2D eigenvalue weighted by Crippen LogP contribution is -2.36. The van der Waals surface area contributed by atoms with E-state index in [1.54, 1.807) is 18.2 Å². The number of benzene rings is 1. The number of carbonyl (C=O) groups is 1. The Hall–Kier alpha value is -2.01. The monoisotopic (exact) mass is 276 g/mol. The van der Waals surface area contributed by atoms with Gasteiger partial charge in [-0.25, -0.2) is 9.37 Å². The number of nitrogens with one attached hydrogen (secondary N) is 1. The number of amides is 1. The van der Waals surface area contributed by atoms with Gasteiger partial charge in [0.25, 0.3) is 5.91 Å². The molecule has 0 bridgehead atoms. The van der Waals surface area contributed by atoms with Gasteiger partial charge < -0.3 is 10.4 Å². The number of halogens is 1. The van der Waals surface area contributed by atoms with Crippen molar-refractivity contribution < 1.29 is 14.3 Å². The molecule has 20 heavy (non-hydrogen) atoms. The lowest BCUT2D eigenvalue weighted by Gasteiger charge is -2.21. The number of rotatable bonds is 4. The number of hydrogen-bond donors (Lipinski definition) is 2. The van der Waals surface area contributed by atoms with Crippen LogP contribution in [0.15, 0.2) is 30.3 Å². The highest BCUT2D eigenvalue weighted by Crippen LogP contribution is 2.15. The fraction of sp³-hybridized carbons (Fsp3) is 0.333. The summed E-state index contributed by atoms with van der Waals surface area (Å²) < 4.78 is 13.2. The largest absolute Gasteiger partial charge is 0.396 e. The lowest BCUT2D eigenvalue weighted by atomic mass is 9.95. The molecule has 0 saturated carbocycles. The van der Waals surface area contributed by atoms with Gasteiger partial charge in [-0.15, -0.1) is 0 Å². The minimum Gasteiger partial charge on any atom is -0.396 e. The van der Waals surface area contributed by atoms with Crippen LogP contribution in [0.1, 0.15) is 24.3 Å². The van der Waals surface area contributed by atoms with E-state index < -0.39 is 5.41 Å². The third-order valence-electron chi connectivity index (χ3n) is 3.04. The molecule has 0 atom stereocenters. The van der Waals surface area contributed by atoms with Crippen molar-refractivity contribution in [3.63, 3.8) is 0 Å². The Kier molecular flexibility index (Phi) is 3.99. The van der Waals surface area contributed by atoms with Crippen LogP contribution in [-0.2, 0) is 0 Å². The van der Waals surface area contributed by atoms with Crippen molar-refractivity contribution in [1.29, 1.82) is 0 Å². The lowest BCUT2D eigenvalue weighted by molar-refractivity contribution is 0.0906. The SMILES string of the molecule is CC(C)(CO)CNC(=O)c1ccc2ccc(F)cc2n1. The van der Waals surface area contributed by atoms with Gasteiger partial charge in [0.2, 0.25) is 0 Å². The molecular weight excluding hydrogens is 259 g/mol. The first kappa shape index (κ1) is 14.4. The van der Waals surface area contributed by atoms with Crippen LogP contribution in [0.3, 0.4) is 0 Å². The van der Waals surface area contributed by atoms with Crippen molar-refractivity contribution in [1.82, 2.24) is 10.3 Å². The van der Waals surface area contributed by atoms with E-state index in [4.69, 9.17) is 5.11 Å². The number of aliphatic hydroxyl groups is 1. The molecule has 1 heterocycles. The average molecular weight is 276 g/mol. The molecule has 0 radical (unpaired) electrons. The van der Waals surface area contributed by atoms with Gasteiger partial charge in [0.15, 0.2) is 0 Å². The summed E-state index contributed by atoms with van der Waals surface area (Å²) in [6.45, 7) is 4.00. The first-order valence-corrected chi connectivity index (χ1v) is 6.37. The van der Waals surface area contributed by atoms with Gasteiger partial charge in [0.05, 0.1) is 5.52 Å². The van der Waals surface area contributed by atoms with E-state index in [1.807, 2.05) is 13.8 Å². The van der Waals surface area contributed by atoms with Crippen LogP contribution in [0.5, 0.6) is 0 Å². The fourth-order valence-corrected chi connectivity index (χ4v) is 1.68. The molecule has 0 spiro atoms. The second-order valence-electron chi connectivity index (χ2n) is 5.54. The molecule has 0 aliphatic rings. The molecule has 0 fully saturated rings. The molecule has 2 aromatic rings. The topological polar surface area (TPSA) is 62.2 Å². The summed E-state index contributed by atoms with van der Waals surface area (Å²) in [5.41, 5.74) is 0.287. The summed E-state index contributed by atoms with van der Waals surface area (Å²) in [6.07, 6.45) is 0. The quantitative estimate of drug-likeness (QED) is 0.899. The van der Waals surface area contributed by atoms with E-state index in [2.05, 4.69) is 10.3 Å². The molecule has 2 rings (SSSR count). The van der Waals surface area contributed by atoms with Gasteiger partial charge in [0, 0.05) is 30.0 Å². The van der Waals surface area contributed by atoms with Gasteiger partial charge in [-0.2, -0.15) is 0 Å². The van der Waals surface area contributed by atoms with E-state index in [-0.39, 0.29) is 24.0 Å². The summed E-state index contributed by atoms with van der Waals surface area (Å²) in [5, 5.41) is 12.6. The highest BCUT2D eigenvalue weighted by Gasteiger charge is 2.18. The Morgan fingerprint density at radius 2 is 2.05 bits per heavy atom. The van der Waals surface area contributed by atoms with Crippen LogP contribution in [0, 0.1) is 11.2 Å². The summed E-state index contributed by atoms with van der Waals surface area (Å²) in [4.78, 5) is 16.1. The van der Waals surface area contributed by atoms with E-state index in [0.29, 0.717) is 12.1 Å². The van der Waals surface area contributed by atoms with Crippen LogP contribution in [0.25, 0.3) is 10.9 Å². The minimum absolute atomic E-state index is 0.0242. The maximum absolute atomic E-state index is 13.2. The van der Waals surface area contributed by atoms with Crippen LogP contribution in [0.2, 0.25) is 0 Å². The van der Waals surface area contributed by atoms with Gasteiger partial charge in [0.1, 0.15) is 11.5 Å². The summed E-state index contributed by atoms with van der Waals surface area (Å²) in [5.74, 6) is -0.721. The van der Waals surface area contributed by atoms with Crippen molar-refractivity contribution in [2.45, 2.75) is 13.8 Å². The number of carbonyl (C=O) groups excluding carboxylic acids is 1. The third-order valence-corrected chi connectivity index (χ3v) is 3.04. The number of fused-ring (bicyclic) bond motifs is 1. The zero-order chi connectivity index (χ0) is 14.8. The van der Waals surface area contributed by atoms with Gasteiger partial charge in [-0.05, 0) is 18.2 Å². The van der Waals surface area contributed by atoms with E-state index >= 15 is 0 Å². The van der Waals surface area contributed by atoms with Gasteiger partial charge in [-0.1, -0.05) is 19.9 Å². The first-order valence-electron chi connectivity index (χ1n) is 6.37. The zero-order valence-electron chi connectivity index (χ0n) is 11.5. The predicted molar refractivity (Wildman–Crippen MR) is 74.9 cm³/mol. The highest BCUT2D eigenvalue weighted by molar-refractivity contribution is 5.94. The number of pyridine rings is 1. The number of aromatic nitrogens is 1. The molecule has 106 valence electrons. The second-order valence-corrected chi connectivity index (χ2v) is 5.54. The fourth-order valence-electron chi connectivity index (χ4n) is 1.68. The average Bonchev–Trinajstić information content (AvgIpc) is 2.44. The van der Waals surface area contributed by atoms with Crippen LogP contribution in [0.4, 0.5) is 4.39 Å². The van der Waals surface area contributed by atoms with Gasteiger partial charge in [-0.3, -0.25) is 4.79 Å². The Bertz CT molecular complexity index is 641. The Balaban J connectivity index is 2.18. The van der Waals surface area contributed by atoms with Gasteiger partial charge >= 0.3 is 0 Å². The molecular formula is C15H17FN2O2. The molecule has 0 aliphatic carbocycles. The smallest absolute Gasteiger partial charge is 0.269 e. The van der Waals surface area contributed by atoms with E-state index in [1.165, 1.54) is 12.1 Å². The van der Waals surface area contributed by atoms with Crippen molar-refractivity contribution in [3.8, 4) is 0 Å². The summed E-state index contributed by atoms with van der Waals surface area (Å²) in [7, 11) is 0. The van der Waals surface area contributed by atoms with Crippen molar-refractivity contribution in [2.75, 3.05) is 13.2 Å². The molecule has 1 aromatic carbocycles. The zero-order valence-corrected chi connectivity index (χ0v) is 11.5. The van der Waals surface area contributed by atoms with Crippen LogP contribution >= 0.6 is 0 Å². The first-order chi connectivity index (χ1) is 9.41. The molecule has 4 nitrogen and oxygen atoms in total. The predicted octanol–water partition coefficient (Wildman–Crippen LogP) is 2.12. The second kappa shape index (κ2) is 5.54. The molecule has 0 unspecified atom stereocenters. The minimum atomic E-state index is -0.390. The highest BCUT2D eigenvalue weighted by atomic mass is 19.1. The molecule has 1 amide bonds. The normalized spacial score (nSPS) is 11.6. The molecule has 1 aromatic heterocycles. The maximum Gasteiger partial charge on any atom is 0.269 e. The molecule has 2 N–H and O–H groups in total. The van der Waals surface area contributed by atoms with E-state index in [0.717, 1.165) is 5.39 Å². The maximum atomic E-state index is 13.2. The molecule has 0 aliphatic heterocycles. The van der Waals surface area contributed by atoms with E-state index in [9.17, 15) is 9.18 Å². The number of aliphatic hydroxyl groups excluding tert-OH is 1. The van der Waals surface area contributed by atoms with Crippen molar-refractivity contribution in [2.24, 2.45) is 5.41 Å². The van der Waals surface area contributed by atoms with Crippen molar-refractivity contribution >= 4 is 16.8 Å². The summed E-state index contributed by atoms with van der Waals surface area (Å²) >= 11 is 0. The third kappa shape index (κ3) is 3.30. The molecule has 0 saturated heterocycles. The number of nitrogens with zero attached hydrogens (tertiary/aromatic N) is 1. The Labute approximate surface area is 116 Å². The Morgan fingerprint density at radius 3 is 2.75 bits per heavy atom. The molecule has 5 heteroatoms. The van der Waals surface area contributed by atoms with Crippen molar-refractivity contribution in [3.05, 3.63) is 41.8 Å². The van der Waals surface area contributed by atoms with Crippen LogP contribution < -0.4 is 5.32 Å². The Morgan fingerprint density at radius 1 is 1.35 bits per heavy atom. The van der Waals surface area contributed by atoms with Crippen LogP contribution in [-0.4, -0.2) is 29.1 Å². The standard InChI is InChI=1S/C15H17FN2O2/c1-15(2,9-19)8-17-14(20)12-6-4-10-3-5-11(16)7-13(10)18-12/h3-7,19H,8-9H2,1-2H3,(H,17,20).